The quantitative estimate of drug-likeness (QED) is 0.609. The monoisotopic (exact) mass is 180 g/mol. The van der Waals surface area contributed by atoms with Crippen LogP contribution in [-0.2, 0) is 0 Å². The van der Waals surface area contributed by atoms with Crippen molar-refractivity contribution in [3.63, 3.8) is 0 Å². The summed E-state index contributed by atoms with van der Waals surface area (Å²) in [5, 5.41) is 0. The van der Waals surface area contributed by atoms with Crippen molar-refractivity contribution in [1.82, 2.24) is 0 Å². The zero-order valence-corrected chi connectivity index (χ0v) is 9.91. The van der Waals surface area contributed by atoms with E-state index in [0.717, 1.165) is 16.7 Å². The molecule has 0 aromatic rings. The van der Waals surface area contributed by atoms with Crippen molar-refractivity contribution in [3.8, 4) is 0 Å². The van der Waals surface area contributed by atoms with Gasteiger partial charge in [0.1, 0.15) is 0 Å². The summed E-state index contributed by atoms with van der Waals surface area (Å²) in [6.07, 6.45) is 5.77. The van der Waals surface area contributed by atoms with Crippen LogP contribution in [0, 0.1) is 22.2 Å². The first-order chi connectivity index (χ1) is 5.86. The zero-order valence-electron chi connectivity index (χ0n) is 9.91. The van der Waals surface area contributed by atoms with Gasteiger partial charge < -0.3 is 0 Å². The van der Waals surface area contributed by atoms with Gasteiger partial charge >= 0.3 is 0 Å². The first-order valence-corrected chi connectivity index (χ1v) is 5.86. The highest BCUT2D eigenvalue weighted by Crippen LogP contribution is 2.83. The molecule has 0 aromatic heterocycles. The smallest absolute Gasteiger partial charge is 0.0235 e. The van der Waals surface area contributed by atoms with E-state index in [2.05, 4.69) is 34.6 Å². The Labute approximate surface area is 83.1 Å². The predicted octanol–water partition coefficient (Wildman–Crippen LogP) is 4.25. The third-order valence-electron chi connectivity index (χ3n) is 5.64. The fourth-order valence-electron chi connectivity index (χ4n) is 3.48. The Kier molecular flexibility index (Phi) is 1.71. The van der Waals surface area contributed by atoms with Gasteiger partial charge in [0.05, 0.1) is 0 Å². The molecule has 0 amide bonds. The van der Waals surface area contributed by atoms with Gasteiger partial charge in [-0.1, -0.05) is 41.0 Å². The Bertz CT molecular complexity index is 212. The van der Waals surface area contributed by atoms with Crippen molar-refractivity contribution in [1.29, 1.82) is 0 Å². The van der Waals surface area contributed by atoms with E-state index in [-0.39, 0.29) is 0 Å². The van der Waals surface area contributed by atoms with Crippen LogP contribution in [0.1, 0.15) is 60.3 Å². The molecule has 0 spiro atoms. The van der Waals surface area contributed by atoms with Crippen LogP contribution < -0.4 is 0 Å². The lowest BCUT2D eigenvalue weighted by molar-refractivity contribution is 0.219. The van der Waals surface area contributed by atoms with Gasteiger partial charge in [-0.15, -0.1) is 0 Å². The summed E-state index contributed by atoms with van der Waals surface area (Å²) in [4.78, 5) is 0. The molecule has 0 aliphatic heterocycles. The Morgan fingerprint density at radius 2 is 1.62 bits per heavy atom. The largest absolute Gasteiger partial charge is 0.0649 e. The molecule has 0 bridgehead atoms. The fraction of sp³-hybridized carbons (Fsp3) is 1.00. The Morgan fingerprint density at radius 1 is 1.15 bits per heavy atom. The van der Waals surface area contributed by atoms with E-state index in [9.17, 15) is 0 Å². The van der Waals surface area contributed by atoms with Gasteiger partial charge in [0, 0.05) is 0 Å². The first-order valence-electron chi connectivity index (χ1n) is 5.86. The van der Waals surface area contributed by atoms with Crippen molar-refractivity contribution in [2.24, 2.45) is 22.2 Å². The van der Waals surface area contributed by atoms with Crippen LogP contribution in [0.15, 0.2) is 0 Å². The second-order valence-corrected chi connectivity index (χ2v) is 6.61. The molecule has 0 saturated heterocycles. The third kappa shape index (κ3) is 1.04. The van der Waals surface area contributed by atoms with Gasteiger partial charge in [-0.3, -0.25) is 0 Å². The predicted molar refractivity (Wildman–Crippen MR) is 57.6 cm³/mol. The molecule has 2 atom stereocenters. The molecular weight excluding hydrogens is 156 g/mol. The number of rotatable bonds is 3. The SMILES string of the molecule is CCC(C)(C)CC1C2(C)CCC12C. The van der Waals surface area contributed by atoms with E-state index in [1.54, 1.807) is 0 Å². The van der Waals surface area contributed by atoms with Gasteiger partial charge in [-0.25, -0.2) is 0 Å². The minimum absolute atomic E-state index is 0.577. The van der Waals surface area contributed by atoms with Crippen LogP contribution in [-0.4, -0.2) is 0 Å². The summed E-state index contributed by atoms with van der Waals surface area (Å²) in [6, 6.07) is 0. The topological polar surface area (TPSA) is 0 Å². The molecular formula is C13H24. The van der Waals surface area contributed by atoms with Crippen molar-refractivity contribution in [3.05, 3.63) is 0 Å². The van der Waals surface area contributed by atoms with Gasteiger partial charge in [-0.05, 0) is 41.4 Å². The lowest BCUT2D eigenvalue weighted by atomic mass is 9.77. The summed E-state index contributed by atoms with van der Waals surface area (Å²) >= 11 is 0. The molecule has 2 aliphatic rings. The Morgan fingerprint density at radius 3 is 1.92 bits per heavy atom. The van der Waals surface area contributed by atoms with E-state index >= 15 is 0 Å². The summed E-state index contributed by atoms with van der Waals surface area (Å²) in [7, 11) is 0. The molecule has 2 unspecified atom stereocenters. The second kappa shape index (κ2) is 2.32. The number of hydrogen-bond donors (Lipinski definition) is 0. The van der Waals surface area contributed by atoms with Crippen LogP contribution in [0.3, 0.4) is 0 Å². The molecule has 0 N–H and O–H groups in total. The molecule has 2 fully saturated rings. The van der Waals surface area contributed by atoms with Crippen molar-refractivity contribution >= 4 is 0 Å². The third-order valence-corrected chi connectivity index (χ3v) is 5.64. The average Bonchev–Trinajstić information content (AvgIpc) is 2.36. The lowest BCUT2D eigenvalue weighted by Crippen LogP contribution is -2.18. The standard InChI is InChI=1S/C13H24/c1-6-11(2,3)9-10-12(4)7-8-13(10,12)5/h10H,6-9H2,1-5H3. The number of hydrogen-bond acceptors (Lipinski definition) is 0. The van der Waals surface area contributed by atoms with E-state index in [1.165, 1.54) is 25.7 Å². The average molecular weight is 180 g/mol. The highest BCUT2D eigenvalue weighted by molar-refractivity contribution is 5.24. The van der Waals surface area contributed by atoms with Crippen molar-refractivity contribution < 1.29 is 0 Å². The normalized spacial score (nSPS) is 48.2. The maximum atomic E-state index is 2.51. The minimum atomic E-state index is 0.577. The Balaban J connectivity index is 2.00. The fourth-order valence-corrected chi connectivity index (χ4v) is 3.48. The Hall–Kier alpha value is 0. The molecule has 2 rings (SSSR count). The van der Waals surface area contributed by atoms with Crippen molar-refractivity contribution in [2.45, 2.75) is 60.3 Å². The first kappa shape index (κ1) is 9.55. The molecule has 2 aliphatic carbocycles. The maximum Gasteiger partial charge on any atom is -0.0235 e. The molecule has 0 nitrogen and oxygen atoms in total. The van der Waals surface area contributed by atoms with Crippen LogP contribution in [0.5, 0.6) is 0 Å². The van der Waals surface area contributed by atoms with Crippen molar-refractivity contribution in [2.75, 3.05) is 0 Å². The summed E-state index contributed by atoms with van der Waals surface area (Å²) < 4.78 is 0. The molecule has 0 heteroatoms. The van der Waals surface area contributed by atoms with E-state index in [4.69, 9.17) is 0 Å². The second-order valence-electron chi connectivity index (χ2n) is 6.61. The molecule has 2 saturated carbocycles. The van der Waals surface area contributed by atoms with Crippen LogP contribution in [0.25, 0.3) is 0 Å². The molecule has 0 heterocycles. The summed E-state index contributed by atoms with van der Waals surface area (Å²) in [6.45, 7) is 12.2. The molecule has 0 radical (unpaired) electrons. The maximum absolute atomic E-state index is 2.51. The highest BCUT2D eigenvalue weighted by atomic mass is 14.8. The van der Waals surface area contributed by atoms with Gasteiger partial charge in [-0.2, -0.15) is 0 Å². The molecule has 0 aromatic carbocycles. The molecule has 13 heavy (non-hydrogen) atoms. The van der Waals surface area contributed by atoms with E-state index < -0.39 is 0 Å². The van der Waals surface area contributed by atoms with Crippen LogP contribution >= 0.6 is 0 Å². The summed E-state index contributed by atoms with van der Waals surface area (Å²) in [5.41, 5.74) is 2.08. The number of fused-ring (bicyclic) bond motifs is 1. The summed E-state index contributed by atoms with van der Waals surface area (Å²) in [5.74, 6) is 1.04. The van der Waals surface area contributed by atoms with Gasteiger partial charge in [0.25, 0.3) is 0 Å². The van der Waals surface area contributed by atoms with Crippen LogP contribution in [0.4, 0.5) is 0 Å². The minimum Gasteiger partial charge on any atom is -0.0649 e. The van der Waals surface area contributed by atoms with Gasteiger partial charge in [0.15, 0.2) is 0 Å². The van der Waals surface area contributed by atoms with Gasteiger partial charge in [0.2, 0.25) is 0 Å². The highest BCUT2D eigenvalue weighted by Gasteiger charge is 2.75. The lowest BCUT2D eigenvalue weighted by Gasteiger charge is -2.28. The molecule has 76 valence electrons. The van der Waals surface area contributed by atoms with E-state index in [1.807, 2.05) is 0 Å². The van der Waals surface area contributed by atoms with E-state index in [0.29, 0.717) is 5.41 Å². The zero-order chi connectivity index (χ0) is 9.91. The van der Waals surface area contributed by atoms with Crippen LogP contribution in [0.2, 0.25) is 0 Å².